The van der Waals surface area contributed by atoms with Gasteiger partial charge in [0.1, 0.15) is 0 Å². The summed E-state index contributed by atoms with van der Waals surface area (Å²) in [5.41, 5.74) is 3.31. The minimum Gasteiger partial charge on any atom is -0.385 e. The molecular formula is C17H26N2O3S2. The quantitative estimate of drug-likeness (QED) is 0.613. The van der Waals surface area contributed by atoms with Gasteiger partial charge in [0.25, 0.3) is 0 Å². The molecule has 1 atom stereocenters. The van der Waals surface area contributed by atoms with Crippen LogP contribution in [0.2, 0.25) is 0 Å². The van der Waals surface area contributed by atoms with Crippen molar-refractivity contribution in [2.45, 2.75) is 32.7 Å². The average Bonchev–Trinajstić information content (AvgIpc) is 2.88. The van der Waals surface area contributed by atoms with Crippen LogP contribution in [0.5, 0.6) is 0 Å². The fraction of sp³-hybridized carbons (Fsp3) is 0.588. The molecule has 5 nitrogen and oxygen atoms in total. The maximum atomic E-state index is 11.8. The molecule has 0 unspecified atom stereocenters. The van der Waals surface area contributed by atoms with E-state index in [9.17, 15) is 8.42 Å². The van der Waals surface area contributed by atoms with Crippen LogP contribution in [0.25, 0.3) is 0 Å². The van der Waals surface area contributed by atoms with Gasteiger partial charge in [-0.2, -0.15) is 0 Å². The molecule has 2 rings (SSSR count). The third kappa shape index (κ3) is 4.91. The van der Waals surface area contributed by atoms with Crippen molar-refractivity contribution in [1.29, 1.82) is 0 Å². The van der Waals surface area contributed by atoms with Crippen LogP contribution in [-0.2, 0) is 14.6 Å². The zero-order valence-corrected chi connectivity index (χ0v) is 16.2. The molecule has 0 spiro atoms. The first kappa shape index (κ1) is 19.1. The topological polar surface area (TPSA) is 58.6 Å². The smallest absolute Gasteiger partial charge is 0.173 e. The van der Waals surface area contributed by atoms with Crippen molar-refractivity contribution in [3.05, 3.63) is 29.3 Å². The van der Waals surface area contributed by atoms with Crippen LogP contribution in [0, 0.1) is 13.8 Å². The Balaban J connectivity index is 2.13. The lowest BCUT2D eigenvalue weighted by atomic mass is 10.1. The van der Waals surface area contributed by atoms with E-state index in [4.69, 9.17) is 17.0 Å². The Morgan fingerprint density at radius 1 is 1.42 bits per heavy atom. The van der Waals surface area contributed by atoms with E-state index in [2.05, 4.69) is 25.2 Å². The zero-order valence-electron chi connectivity index (χ0n) is 14.5. The van der Waals surface area contributed by atoms with Crippen molar-refractivity contribution in [1.82, 2.24) is 4.90 Å². The van der Waals surface area contributed by atoms with E-state index in [1.807, 2.05) is 17.0 Å². The van der Waals surface area contributed by atoms with Gasteiger partial charge in [-0.25, -0.2) is 8.42 Å². The number of nitrogens with zero attached hydrogens (tertiary/aromatic N) is 1. The van der Waals surface area contributed by atoms with Gasteiger partial charge < -0.3 is 15.0 Å². The van der Waals surface area contributed by atoms with Gasteiger partial charge in [0.15, 0.2) is 14.9 Å². The lowest BCUT2D eigenvalue weighted by Crippen LogP contribution is -2.44. The summed E-state index contributed by atoms with van der Waals surface area (Å²) in [5, 5.41) is 3.89. The van der Waals surface area contributed by atoms with Crippen molar-refractivity contribution in [2.24, 2.45) is 0 Å². The summed E-state index contributed by atoms with van der Waals surface area (Å²) in [5.74, 6) is 0.416. The molecular weight excluding hydrogens is 344 g/mol. The third-order valence-corrected chi connectivity index (χ3v) is 6.59. The number of nitrogens with one attached hydrogen (secondary N) is 1. The number of hydrogen-bond donors (Lipinski definition) is 1. The van der Waals surface area contributed by atoms with Crippen molar-refractivity contribution >= 4 is 32.9 Å². The van der Waals surface area contributed by atoms with E-state index in [1.165, 1.54) is 5.56 Å². The van der Waals surface area contributed by atoms with Gasteiger partial charge in [-0.05, 0) is 56.1 Å². The molecule has 0 saturated carbocycles. The summed E-state index contributed by atoms with van der Waals surface area (Å²) < 4.78 is 28.8. The fourth-order valence-electron chi connectivity index (χ4n) is 2.92. The fourth-order valence-corrected chi connectivity index (χ4v) is 5.00. The molecule has 0 aliphatic carbocycles. The number of rotatable bonds is 6. The Hall–Kier alpha value is -1.18. The number of methoxy groups -OCH3 is 1. The van der Waals surface area contributed by atoms with Crippen LogP contribution in [0.3, 0.4) is 0 Å². The molecule has 7 heteroatoms. The summed E-state index contributed by atoms with van der Waals surface area (Å²) in [7, 11) is -1.29. The summed E-state index contributed by atoms with van der Waals surface area (Å²) in [6, 6.07) is 5.98. The number of anilines is 1. The second kappa shape index (κ2) is 8.27. The van der Waals surface area contributed by atoms with Gasteiger partial charge >= 0.3 is 0 Å². The second-order valence-electron chi connectivity index (χ2n) is 6.27. The van der Waals surface area contributed by atoms with Crippen LogP contribution in [-0.4, -0.2) is 56.2 Å². The molecule has 1 aromatic rings. The maximum absolute atomic E-state index is 11.8. The van der Waals surface area contributed by atoms with Crippen molar-refractivity contribution in [3.8, 4) is 0 Å². The highest BCUT2D eigenvalue weighted by molar-refractivity contribution is 7.91. The lowest BCUT2D eigenvalue weighted by Gasteiger charge is -2.31. The second-order valence-corrected chi connectivity index (χ2v) is 8.89. The summed E-state index contributed by atoms with van der Waals surface area (Å²) in [6.07, 6.45) is 1.44. The highest BCUT2D eigenvalue weighted by Gasteiger charge is 2.33. The van der Waals surface area contributed by atoms with E-state index in [0.29, 0.717) is 24.7 Å². The lowest BCUT2D eigenvalue weighted by molar-refractivity contribution is 0.181. The molecule has 1 aliphatic heterocycles. The predicted octanol–water partition coefficient (Wildman–Crippen LogP) is 2.53. The van der Waals surface area contributed by atoms with Crippen LogP contribution in [0.15, 0.2) is 18.2 Å². The zero-order chi connectivity index (χ0) is 17.7. The molecule has 1 saturated heterocycles. The highest BCUT2D eigenvalue weighted by atomic mass is 32.2. The Morgan fingerprint density at radius 2 is 2.17 bits per heavy atom. The SMILES string of the molecule is COCCCN(C(=S)Nc1cccc(C)c1C)[C@@H]1CCS(=O)(=O)C1. The molecule has 1 aliphatic rings. The van der Waals surface area contributed by atoms with Crippen molar-refractivity contribution in [2.75, 3.05) is 37.1 Å². The molecule has 0 bridgehead atoms. The number of ether oxygens (including phenoxy) is 1. The predicted molar refractivity (Wildman–Crippen MR) is 102 cm³/mol. The molecule has 24 heavy (non-hydrogen) atoms. The minimum atomic E-state index is -2.95. The van der Waals surface area contributed by atoms with Gasteiger partial charge in [-0.15, -0.1) is 0 Å². The number of aryl methyl sites for hydroxylation is 1. The molecule has 0 radical (unpaired) electrons. The molecule has 1 heterocycles. The summed E-state index contributed by atoms with van der Waals surface area (Å²) in [6.45, 7) is 5.42. The summed E-state index contributed by atoms with van der Waals surface area (Å²) >= 11 is 5.60. The van der Waals surface area contributed by atoms with E-state index >= 15 is 0 Å². The first-order valence-electron chi connectivity index (χ1n) is 8.17. The van der Waals surface area contributed by atoms with E-state index in [-0.39, 0.29) is 17.5 Å². The highest BCUT2D eigenvalue weighted by Crippen LogP contribution is 2.22. The molecule has 1 N–H and O–H groups in total. The van der Waals surface area contributed by atoms with E-state index < -0.39 is 9.84 Å². The molecule has 134 valence electrons. The van der Waals surface area contributed by atoms with Crippen molar-refractivity contribution < 1.29 is 13.2 Å². The Kier molecular flexibility index (Phi) is 6.60. The summed E-state index contributed by atoms with van der Waals surface area (Å²) in [4.78, 5) is 2.01. The first-order valence-corrected chi connectivity index (χ1v) is 10.4. The molecule has 0 amide bonds. The number of sulfone groups is 1. The number of hydrogen-bond acceptors (Lipinski definition) is 4. The monoisotopic (exact) mass is 370 g/mol. The Bertz CT molecular complexity index is 689. The van der Waals surface area contributed by atoms with Crippen LogP contribution in [0.1, 0.15) is 24.0 Å². The van der Waals surface area contributed by atoms with Crippen LogP contribution < -0.4 is 5.32 Å². The maximum Gasteiger partial charge on any atom is 0.173 e. The molecule has 1 aromatic carbocycles. The number of benzene rings is 1. The Morgan fingerprint density at radius 3 is 2.79 bits per heavy atom. The van der Waals surface area contributed by atoms with Gasteiger partial charge in [-0.1, -0.05) is 12.1 Å². The van der Waals surface area contributed by atoms with E-state index in [0.717, 1.165) is 17.7 Å². The van der Waals surface area contributed by atoms with Gasteiger partial charge in [0.2, 0.25) is 0 Å². The van der Waals surface area contributed by atoms with Crippen LogP contribution >= 0.6 is 12.2 Å². The molecule has 0 aromatic heterocycles. The van der Waals surface area contributed by atoms with Gasteiger partial charge in [-0.3, -0.25) is 0 Å². The molecule has 1 fully saturated rings. The standard InChI is InChI=1S/C17H26N2O3S2/c1-13-6-4-7-16(14(13)2)18-17(23)19(9-5-10-22-3)15-8-11-24(20,21)12-15/h4,6-7,15H,5,8-12H2,1-3H3,(H,18,23)/t15-/m1/s1. The Labute approximate surface area is 150 Å². The van der Waals surface area contributed by atoms with Gasteiger partial charge in [0, 0.05) is 32.0 Å². The van der Waals surface area contributed by atoms with Crippen LogP contribution in [0.4, 0.5) is 5.69 Å². The van der Waals surface area contributed by atoms with Crippen molar-refractivity contribution in [3.63, 3.8) is 0 Å². The number of thiocarbonyl (C=S) groups is 1. The third-order valence-electron chi connectivity index (χ3n) is 4.50. The first-order chi connectivity index (χ1) is 11.3. The van der Waals surface area contributed by atoms with E-state index in [1.54, 1.807) is 7.11 Å². The minimum absolute atomic E-state index is 0.0584. The van der Waals surface area contributed by atoms with Gasteiger partial charge in [0.05, 0.1) is 11.5 Å². The normalized spacial score (nSPS) is 19.2. The average molecular weight is 371 g/mol. The largest absolute Gasteiger partial charge is 0.385 e.